The summed E-state index contributed by atoms with van der Waals surface area (Å²) < 4.78 is 34.9. The van der Waals surface area contributed by atoms with E-state index in [9.17, 15) is 13.2 Å². The molecule has 0 unspecified atom stereocenters. The van der Waals surface area contributed by atoms with Crippen LogP contribution in [0.1, 0.15) is 49.8 Å². The van der Waals surface area contributed by atoms with E-state index in [1.165, 1.54) is 18.6 Å². The summed E-state index contributed by atoms with van der Waals surface area (Å²) in [5, 5.41) is 6.89. The molecule has 0 aliphatic rings. The molecule has 0 spiro atoms. The Bertz CT molecular complexity index is 1860. The second-order valence-electron chi connectivity index (χ2n) is 11.1. The number of hydrogen-bond acceptors (Lipinski definition) is 8. The predicted octanol–water partition coefficient (Wildman–Crippen LogP) is 5.79. The van der Waals surface area contributed by atoms with Crippen LogP contribution in [0.3, 0.4) is 0 Å². The monoisotopic (exact) mass is 584 g/mol. The number of aryl methyl sites for hydroxylation is 1. The lowest BCUT2D eigenvalue weighted by molar-refractivity contribution is -0.115. The molecule has 1 amide bonds. The van der Waals surface area contributed by atoms with Gasteiger partial charge < -0.3 is 10.1 Å². The van der Waals surface area contributed by atoms with Gasteiger partial charge in [-0.2, -0.15) is 5.10 Å². The first kappa shape index (κ1) is 28.9. The minimum atomic E-state index is -3.76. The maximum absolute atomic E-state index is 13.4. The number of carbonyl (C=O) groups is 1. The Morgan fingerprint density at radius 1 is 1.00 bits per heavy atom. The topological polar surface area (TPSA) is 129 Å². The molecule has 3 heterocycles. The zero-order chi connectivity index (χ0) is 30.1. The summed E-state index contributed by atoms with van der Waals surface area (Å²) in [6.07, 6.45) is 9.68. The van der Waals surface area contributed by atoms with Crippen LogP contribution < -0.4 is 10.1 Å². The van der Waals surface area contributed by atoms with E-state index in [1.807, 2.05) is 46.0 Å². The third kappa shape index (κ3) is 6.15. The summed E-state index contributed by atoms with van der Waals surface area (Å²) in [6, 6.07) is 12.0. The van der Waals surface area contributed by atoms with Crippen molar-refractivity contribution >= 4 is 32.3 Å². The molecule has 1 atom stereocenters. The van der Waals surface area contributed by atoms with Gasteiger partial charge in [0.1, 0.15) is 16.7 Å². The second kappa shape index (κ2) is 11.3. The third-order valence-electron chi connectivity index (χ3n) is 6.84. The van der Waals surface area contributed by atoms with Gasteiger partial charge in [0.15, 0.2) is 9.84 Å². The minimum Gasteiger partial charge on any atom is -0.456 e. The summed E-state index contributed by atoms with van der Waals surface area (Å²) in [4.78, 5) is 25.4. The van der Waals surface area contributed by atoms with Gasteiger partial charge in [0.05, 0.1) is 40.0 Å². The summed E-state index contributed by atoms with van der Waals surface area (Å²) >= 11 is 0. The van der Waals surface area contributed by atoms with E-state index in [1.54, 1.807) is 54.3 Å². The highest BCUT2D eigenvalue weighted by molar-refractivity contribution is 7.91. The Labute approximate surface area is 244 Å². The molecule has 1 N–H and O–H groups in total. The maximum Gasteiger partial charge on any atom is 0.228 e. The summed E-state index contributed by atoms with van der Waals surface area (Å²) in [5.74, 6) is 0.897. The molecule has 5 aromatic rings. The van der Waals surface area contributed by atoms with Gasteiger partial charge in [0.25, 0.3) is 0 Å². The van der Waals surface area contributed by atoms with Crippen LogP contribution >= 0.6 is 0 Å². The number of carbonyl (C=O) groups excluding carboxylic acids is 1. The molecule has 10 nitrogen and oxygen atoms in total. The van der Waals surface area contributed by atoms with Gasteiger partial charge in [0.2, 0.25) is 5.91 Å². The quantitative estimate of drug-likeness (QED) is 0.243. The van der Waals surface area contributed by atoms with Crippen LogP contribution in [0.5, 0.6) is 11.5 Å². The molecule has 2 aromatic carbocycles. The number of hydrogen-bond donors (Lipinski definition) is 1. The molecular weight excluding hydrogens is 552 g/mol. The maximum atomic E-state index is 13.4. The Morgan fingerprint density at radius 3 is 2.50 bits per heavy atom. The molecule has 216 valence electrons. The number of sulfone groups is 1. The Hall–Kier alpha value is -4.64. The lowest BCUT2D eigenvalue weighted by Crippen LogP contribution is -2.22. The molecule has 11 heteroatoms. The van der Waals surface area contributed by atoms with Crippen molar-refractivity contribution in [3.63, 3.8) is 0 Å². The molecule has 0 aliphatic carbocycles. The first-order valence-corrected chi connectivity index (χ1v) is 15.0. The van der Waals surface area contributed by atoms with Crippen molar-refractivity contribution in [3.05, 3.63) is 96.5 Å². The molecule has 0 saturated heterocycles. The first-order chi connectivity index (χ1) is 19.9. The molecular formula is C31H32N6O4S. The summed E-state index contributed by atoms with van der Waals surface area (Å²) in [6.45, 7) is 9.60. The van der Waals surface area contributed by atoms with Gasteiger partial charge in [-0.15, -0.1) is 0 Å². The van der Waals surface area contributed by atoms with Gasteiger partial charge >= 0.3 is 0 Å². The van der Waals surface area contributed by atoms with Gasteiger partial charge in [-0.3, -0.25) is 24.4 Å². The molecule has 42 heavy (non-hydrogen) atoms. The number of anilines is 1. The second-order valence-corrected chi connectivity index (χ2v) is 13.3. The number of nitrogens with one attached hydrogen (secondary N) is 1. The fourth-order valence-corrected chi connectivity index (χ4v) is 5.84. The van der Waals surface area contributed by atoms with E-state index in [2.05, 4.69) is 25.4 Å². The van der Waals surface area contributed by atoms with Crippen molar-refractivity contribution in [3.8, 4) is 11.5 Å². The van der Waals surface area contributed by atoms with Crippen LogP contribution in [-0.2, 0) is 26.6 Å². The Kier molecular flexibility index (Phi) is 7.79. The lowest BCUT2D eigenvalue weighted by Gasteiger charge is -2.18. The standard InChI is InChI=1S/C31H32N6O4S/c1-20-14-22(15-30(38)36-23-17-35-37(19-23)31(3,4)5)6-9-28(20)41-29-10-11-33-26-8-7-24(16-25(26)29)42(39,40)21(2)27-18-32-12-13-34-27/h6-14,16-19,21H,15H2,1-5H3,(H,36,38)/t21-/m1/s1. The number of pyridine rings is 1. The molecule has 0 bridgehead atoms. The number of fused-ring (bicyclic) bond motifs is 1. The fourth-order valence-electron chi connectivity index (χ4n) is 4.45. The third-order valence-corrected chi connectivity index (χ3v) is 8.93. The van der Waals surface area contributed by atoms with Crippen molar-refractivity contribution in [2.75, 3.05) is 5.32 Å². The normalized spacial score (nSPS) is 12.7. The number of amides is 1. The van der Waals surface area contributed by atoms with Crippen LogP contribution in [0.4, 0.5) is 5.69 Å². The van der Waals surface area contributed by atoms with E-state index >= 15 is 0 Å². The molecule has 5 rings (SSSR count). The number of ether oxygens (including phenoxy) is 1. The highest BCUT2D eigenvalue weighted by Crippen LogP contribution is 2.35. The summed E-state index contributed by atoms with van der Waals surface area (Å²) in [5.41, 5.74) is 3.08. The Morgan fingerprint density at radius 2 is 1.81 bits per heavy atom. The van der Waals surface area contributed by atoms with Crippen molar-refractivity contribution < 1.29 is 17.9 Å². The molecule has 0 radical (unpaired) electrons. The molecule has 3 aromatic heterocycles. The van der Waals surface area contributed by atoms with E-state index in [-0.39, 0.29) is 22.8 Å². The average molecular weight is 585 g/mol. The number of nitrogens with zero attached hydrogens (tertiary/aromatic N) is 5. The molecule has 0 fully saturated rings. The van der Waals surface area contributed by atoms with Crippen LogP contribution in [0.15, 0.2) is 84.5 Å². The SMILES string of the molecule is Cc1cc(CC(=O)Nc2cnn(C(C)(C)C)c2)ccc1Oc1ccnc2ccc(S(=O)(=O)[C@H](C)c3cnccn3)cc12. The van der Waals surface area contributed by atoms with E-state index < -0.39 is 15.1 Å². The minimum absolute atomic E-state index is 0.136. The van der Waals surface area contributed by atoms with E-state index in [4.69, 9.17) is 4.74 Å². The van der Waals surface area contributed by atoms with Crippen LogP contribution in [-0.4, -0.2) is 39.1 Å². The molecule has 0 aliphatic heterocycles. The van der Waals surface area contributed by atoms with Crippen LogP contribution in [0.2, 0.25) is 0 Å². The largest absolute Gasteiger partial charge is 0.456 e. The average Bonchev–Trinajstić information content (AvgIpc) is 3.43. The number of benzene rings is 2. The van der Waals surface area contributed by atoms with Gasteiger partial charge in [-0.25, -0.2) is 8.42 Å². The van der Waals surface area contributed by atoms with Gasteiger partial charge in [-0.05, 0) is 76.1 Å². The van der Waals surface area contributed by atoms with Gasteiger partial charge in [0, 0.05) is 36.4 Å². The van der Waals surface area contributed by atoms with E-state index in [0.717, 1.165) is 11.1 Å². The highest BCUT2D eigenvalue weighted by Gasteiger charge is 2.27. The lowest BCUT2D eigenvalue weighted by atomic mass is 10.1. The molecule has 0 saturated carbocycles. The van der Waals surface area contributed by atoms with Crippen molar-refractivity contribution in [1.82, 2.24) is 24.7 Å². The van der Waals surface area contributed by atoms with Crippen molar-refractivity contribution in [2.45, 2.75) is 56.7 Å². The van der Waals surface area contributed by atoms with Crippen LogP contribution in [0.25, 0.3) is 10.9 Å². The highest BCUT2D eigenvalue weighted by atomic mass is 32.2. The smallest absolute Gasteiger partial charge is 0.228 e. The summed E-state index contributed by atoms with van der Waals surface area (Å²) in [7, 11) is -3.76. The van der Waals surface area contributed by atoms with Crippen molar-refractivity contribution in [1.29, 1.82) is 0 Å². The first-order valence-electron chi connectivity index (χ1n) is 13.4. The van der Waals surface area contributed by atoms with E-state index in [0.29, 0.717) is 33.8 Å². The fraction of sp³-hybridized carbons (Fsp3) is 0.258. The number of aromatic nitrogens is 5. The number of rotatable bonds is 8. The Balaban J connectivity index is 1.34. The zero-order valence-electron chi connectivity index (χ0n) is 24.1. The van der Waals surface area contributed by atoms with Crippen molar-refractivity contribution in [2.24, 2.45) is 0 Å². The van der Waals surface area contributed by atoms with Crippen LogP contribution in [0, 0.1) is 6.92 Å². The zero-order valence-corrected chi connectivity index (χ0v) is 24.9. The van der Waals surface area contributed by atoms with Gasteiger partial charge in [-0.1, -0.05) is 12.1 Å². The predicted molar refractivity (Wildman–Crippen MR) is 160 cm³/mol.